The molecule has 1 aliphatic heterocycles. The monoisotopic (exact) mass is 516 g/mol. The lowest BCUT2D eigenvalue weighted by Gasteiger charge is -2.32. The van der Waals surface area contributed by atoms with Crippen molar-refractivity contribution >= 4 is 28.9 Å². The summed E-state index contributed by atoms with van der Waals surface area (Å²) in [6, 6.07) is 10.2. The van der Waals surface area contributed by atoms with Gasteiger partial charge in [-0.1, -0.05) is 26.2 Å². The van der Waals surface area contributed by atoms with Gasteiger partial charge >= 0.3 is 5.97 Å². The molecule has 2 N–H and O–H groups in total. The summed E-state index contributed by atoms with van der Waals surface area (Å²) in [6.45, 7) is 3.98. The maximum atomic E-state index is 12.4. The highest BCUT2D eigenvalue weighted by Crippen LogP contribution is 2.43. The summed E-state index contributed by atoms with van der Waals surface area (Å²) in [7, 11) is 0. The van der Waals surface area contributed by atoms with Gasteiger partial charge in [-0.05, 0) is 79.8 Å². The van der Waals surface area contributed by atoms with Gasteiger partial charge in [0.2, 0.25) is 0 Å². The van der Waals surface area contributed by atoms with Gasteiger partial charge in [-0.15, -0.1) is 11.3 Å². The minimum atomic E-state index is -0.997. The molecule has 2 fully saturated rings. The Labute approximate surface area is 216 Å². The number of nitrogens with one attached hydrogen (secondary N) is 2. The lowest BCUT2D eigenvalue weighted by atomic mass is 9.80. The first kappa shape index (κ1) is 26.6. The number of hydrogen-bond acceptors (Lipinski definition) is 6. The minimum absolute atomic E-state index is 0.0265. The molecule has 2 aliphatic rings. The zero-order valence-electron chi connectivity index (χ0n) is 21.0. The van der Waals surface area contributed by atoms with E-state index in [1.807, 2.05) is 23.5 Å². The molecule has 1 amide bonds. The highest BCUT2D eigenvalue weighted by atomic mass is 32.1. The molecule has 4 rings (SSSR count). The molecule has 1 aliphatic carbocycles. The summed E-state index contributed by atoms with van der Waals surface area (Å²) in [5.41, 5.74) is 2.93. The molecule has 2 aromatic rings. The van der Waals surface area contributed by atoms with Crippen LogP contribution < -0.4 is 10.6 Å². The van der Waals surface area contributed by atoms with Crippen LogP contribution >= 0.6 is 11.3 Å². The molecule has 0 bridgehead atoms. The van der Waals surface area contributed by atoms with Crippen LogP contribution in [0.2, 0.25) is 0 Å². The van der Waals surface area contributed by atoms with Gasteiger partial charge in [-0.3, -0.25) is 9.74 Å². The average molecular weight is 517 g/mol. The van der Waals surface area contributed by atoms with Crippen LogP contribution in [-0.4, -0.2) is 31.6 Å². The fourth-order valence-electron chi connectivity index (χ4n) is 5.42. The molecule has 6 nitrogen and oxygen atoms in total. The fourth-order valence-corrected chi connectivity index (χ4v) is 6.74. The molecular formula is C28H37FN2O4S. The summed E-state index contributed by atoms with van der Waals surface area (Å²) >= 11 is 1.98. The third kappa shape index (κ3) is 6.85. The van der Waals surface area contributed by atoms with Crippen molar-refractivity contribution in [1.82, 2.24) is 5.32 Å². The van der Waals surface area contributed by atoms with Gasteiger partial charge in [-0.25, -0.2) is 4.79 Å². The standard InChI is InChI=1S/C28H37FN2O4S/c1-2-24-23(18-25(36-24)19-13-16-34-17-14-19)27(20-6-4-3-5-7-20)31-22-10-8-21(9-11-22)28(33)30-15-12-26(32)35-29/h8-11,18-20,27,31H,2-7,12-17H2,1H3,(H,30,33). The Morgan fingerprint density at radius 1 is 1.11 bits per heavy atom. The smallest absolute Gasteiger partial charge is 0.350 e. The van der Waals surface area contributed by atoms with Gasteiger partial charge in [-0.2, -0.15) is 0 Å². The van der Waals surface area contributed by atoms with E-state index in [1.54, 1.807) is 12.1 Å². The second-order valence-electron chi connectivity index (χ2n) is 9.82. The van der Waals surface area contributed by atoms with Crippen LogP contribution in [0.5, 0.6) is 0 Å². The van der Waals surface area contributed by atoms with Crippen LogP contribution in [0.3, 0.4) is 0 Å². The molecule has 1 saturated carbocycles. The molecule has 1 aromatic heterocycles. The van der Waals surface area contributed by atoms with Gasteiger partial charge in [0.1, 0.15) is 0 Å². The van der Waals surface area contributed by atoms with E-state index in [0.717, 1.165) is 38.2 Å². The van der Waals surface area contributed by atoms with E-state index in [9.17, 15) is 14.1 Å². The highest BCUT2D eigenvalue weighted by Gasteiger charge is 2.29. The van der Waals surface area contributed by atoms with Crippen LogP contribution in [0.25, 0.3) is 0 Å². The molecule has 1 aromatic carbocycles. The number of amides is 1. The molecule has 1 unspecified atom stereocenters. The van der Waals surface area contributed by atoms with Crippen LogP contribution in [0.15, 0.2) is 30.3 Å². The Bertz CT molecular complexity index is 997. The third-order valence-corrected chi connectivity index (χ3v) is 8.89. The van der Waals surface area contributed by atoms with Crippen LogP contribution in [0.1, 0.15) is 95.9 Å². The summed E-state index contributed by atoms with van der Waals surface area (Å²) in [5.74, 6) is -0.119. The van der Waals surface area contributed by atoms with Crippen molar-refractivity contribution in [3.63, 3.8) is 0 Å². The van der Waals surface area contributed by atoms with Crippen molar-refractivity contribution in [2.24, 2.45) is 5.92 Å². The predicted octanol–water partition coefficient (Wildman–Crippen LogP) is 6.49. The number of ether oxygens (including phenoxy) is 1. The van der Waals surface area contributed by atoms with E-state index >= 15 is 0 Å². The zero-order valence-corrected chi connectivity index (χ0v) is 21.8. The lowest BCUT2D eigenvalue weighted by molar-refractivity contribution is -0.183. The third-order valence-electron chi connectivity index (χ3n) is 7.43. The molecule has 0 radical (unpaired) electrons. The molecule has 1 atom stereocenters. The molecular weight excluding hydrogens is 479 g/mol. The quantitative estimate of drug-likeness (QED) is 0.378. The maximum Gasteiger partial charge on any atom is 0.350 e. The van der Waals surface area contributed by atoms with E-state index < -0.39 is 5.97 Å². The van der Waals surface area contributed by atoms with Crippen molar-refractivity contribution in [2.75, 3.05) is 25.1 Å². The number of halogens is 1. The number of anilines is 1. The first-order chi connectivity index (χ1) is 17.6. The number of carbonyl (C=O) groups is 2. The predicted molar refractivity (Wildman–Crippen MR) is 140 cm³/mol. The lowest BCUT2D eigenvalue weighted by Crippen LogP contribution is -2.26. The summed E-state index contributed by atoms with van der Waals surface area (Å²) in [5, 5.41) is 6.45. The van der Waals surface area contributed by atoms with E-state index in [1.165, 1.54) is 47.4 Å². The molecule has 196 valence electrons. The minimum Gasteiger partial charge on any atom is -0.381 e. The highest BCUT2D eigenvalue weighted by molar-refractivity contribution is 7.12. The van der Waals surface area contributed by atoms with Gasteiger partial charge in [0.15, 0.2) is 0 Å². The molecule has 1 saturated heterocycles. The Morgan fingerprint density at radius 2 is 1.83 bits per heavy atom. The Morgan fingerprint density at radius 3 is 2.50 bits per heavy atom. The van der Waals surface area contributed by atoms with Crippen LogP contribution in [0.4, 0.5) is 10.2 Å². The van der Waals surface area contributed by atoms with Crippen molar-refractivity contribution < 1.29 is 23.8 Å². The Balaban J connectivity index is 1.50. The van der Waals surface area contributed by atoms with Gasteiger partial charge in [0.25, 0.3) is 5.91 Å². The number of carbonyl (C=O) groups excluding carboxylic acids is 2. The summed E-state index contributed by atoms with van der Waals surface area (Å²) in [4.78, 5) is 29.4. The van der Waals surface area contributed by atoms with Crippen LogP contribution in [-0.2, 0) is 20.9 Å². The van der Waals surface area contributed by atoms with Gasteiger partial charge < -0.3 is 15.4 Å². The maximum absolute atomic E-state index is 12.4. The van der Waals surface area contributed by atoms with E-state index in [-0.39, 0.29) is 24.9 Å². The van der Waals surface area contributed by atoms with Crippen LogP contribution in [0, 0.1) is 5.92 Å². The summed E-state index contributed by atoms with van der Waals surface area (Å²) < 4.78 is 17.4. The molecule has 2 heterocycles. The number of hydrogen-bond donors (Lipinski definition) is 2. The molecule has 8 heteroatoms. The van der Waals surface area contributed by atoms with E-state index in [0.29, 0.717) is 17.4 Å². The van der Waals surface area contributed by atoms with Gasteiger partial charge in [0, 0.05) is 45.3 Å². The number of benzene rings is 1. The second-order valence-corrected chi connectivity index (χ2v) is 11.0. The zero-order chi connectivity index (χ0) is 25.3. The summed E-state index contributed by atoms with van der Waals surface area (Å²) in [6.07, 6.45) is 9.34. The number of rotatable bonds is 10. The topological polar surface area (TPSA) is 76.7 Å². The largest absolute Gasteiger partial charge is 0.381 e. The average Bonchev–Trinajstić information content (AvgIpc) is 3.37. The first-order valence-electron chi connectivity index (χ1n) is 13.3. The Hall–Kier alpha value is -2.45. The number of thiophene rings is 1. The van der Waals surface area contributed by atoms with E-state index in [2.05, 4.69) is 28.6 Å². The molecule has 36 heavy (non-hydrogen) atoms. The Kier molecular flexibility index (Phi) is 9.75. The van der Waals surface area contributed by atoms with E-state index in [4.69, 9.17) is 4.74 Å². The first-order valence-corrected chi connectivity index (χ1v) is 14.1. The van der Waals surface area contributed by atoms with Crippen molar-refractivity contribution in [2.45, 2.75) is 76.7 Å². The van der Waals surface area contributed by atoms with Crippen molar-refractivity contribution in [3.8, 4) is 0 Å². The van der Waals surface area contributed by atoms with Gasteiger partial charge in [0.05, 0.1) is 12.5 Å². The van der Waals surface area contributed by atoms with Crippen molar-refractivity contribution in [3.05, 3.63) is 51.2 Å². The second kappa shape index (κ2) is 13.2. The van der Waals surface area contributed by atoms with Crippen molar-refractivity contribution in [1.29, 1.82) is 0 Å². The fraction of sp³-hybridized carbons (Fsp3) is 0.571. The normalized spacial score (nSPS) is 17.9. The SMILES string of the molecule is CCc1sc(C2CCOCC2)cc1C(Nc1ccc(C(=O)NCCC(=O)OF)cc1)C1CCCCC1. The number of aryl methyl sites for hydroxylation is 1. The molecule has 0 spiro atoms.